The van der Waals surface area contributed by atoms with Crippen LogP contribution in [0.3, 0.4) is 0 Å². The molecule has 65 heavy (non-hydrogen) atoms. The molecule has 0 atom stereocenters. The summed E-state index contributed by atoms with van der Waals surface area (Å²) in [5.41, 5.74) is 19.0. The van der Waals surface area contributed by atoms with Crippen molar-refractivity contribution in [2.45, 2.75) is 68.1 Å². The van der Waals surface area contributed by atoms with Crippen LogP contribution in [0.25, 0.3) is 65.4 Å². The number of nitrogens with zero attached hydrogens (tertiary/aromatic N) is 2. The SMILES string of the molecule is Cc1ccc(N(c2cc(C)c(C)c(C)c2)c2cc3oc4cc5c(cc4c3c3ccccc23)oc2cc(N(c3ccc([Si](C)(C)C)cc3)c3cc(C)c(C)c(C)c3)c3ccccc3c25)cc1. The van der Waals surface area contributed by atoms with Gasteiger partial charge in [0.05, 0.1) is 19.4 Å². The first-order chi connectivity index (χ1) is 31.2. The lowest BCUT2D eigenvalue weighted by atomic mass is 9.98. The largest absolute Gasteiger partial charge is 0.456 e. The van der Waals surface area contributed by atoms with Crippen LogP contribution in [0.4, 0.5) is 34.1 Å². The van der Waals surface area contributed by atoms with Crippen LogP contribution in [0.1, 0.15) is 38.9 Å². The number of aryl methyl sites for hydroxylation is 5. The molecule has 4 nitrogen and oxygen atoms in total. The van der Waals surface area contributed by atoms with Gasteiger partial charge in [0.15, 0.2) is 0 Å². The minimum Gasteiger partial charge on any atom is -0.456 e. The van der Waals surface area contributed by atoms with Crippen LogP contribution in [0, 0.1) is 48.5 Å². The zero-order chi connectivity index (χ0) is 45.1. The summed E-state index contributed by atoms with van der Waals surface area (Å²) < 4.78 is 14.1. The van der Waals surface area contributed by atoms with E-state index in [2.05, 4.69) is 223 Å². The van der Waals surface area contributed by atoms with Gasteiger partial charge in [-0.15, -0.1) is 0 Å². The van der Waals surface area contributed by atoms with E-state index in [0.29, 0.717) is 0 Å². The zero-order valence-corrected chi connectivity index (χ0v) is 40.1. The van der Waals surface area contributed by atoms with E-state index < -0.39 is 8.07 Å². The molecule has 11 aromatic rings. The number of rotatable bonds is 7. The van der Waals surface area contributed by atoms with Crippen molar-refractivity contribution in [2.75, 3.05) is 9.80 Å². The van der Waals surface area contributed by atoms with Crippen molar-refractivity contribution in [3.63, 3.8) is 0 Å². The van der Waals surface area contributed by atoms with Crippen molar-refractivity contribution in [3.8, 4) is 0 Å². The van der Waals surface area contributed by atoms with E-state index in [0.717, 1.165) is 99.5 Å². The van der Waals surface area contributed by atoms with E-state index >= 15 is 0 Å². The second-order valence-corrected chi connectivity index (χ2v) is 24.5. The molecule has 0 bridgehead atoms. The van der Waals surface area contributed by atoms with Crippen molar-refractivity contribution < 1.29 is 8.83 Å². The summed E-state index contributed by atoms with van der Waals surface area (Å²) in [4.78, 5) is 4.81. The first-order valence-corrected chi connectivity index (χ1v) is 26.3. The second-order valence-electron chi connectivity index (χ2n) is 19.4. The Kier molecular flexibility index (Phi) is 9.39. The predicted molar refractivity (Wildman–Crippen MR) is 282 cm³/mol. The Labute approximate surface area is 382 Å². The highest BCUT2D eigenvalue weighted by Gasteiger charge is 2.25. The van der Waals surface area contributed by atoms with Gasteiger partial charge >= 0.3 is 0 Å². The quantitative estimate of drug-likeness (QED) is 0.149. The first kappa shape index (κ1) is 40.7. The van der Waals surface area contributed by atoms with Crippen LogP contribution in [0.2, 0.25) is 19.6 Å². The Morgan fingerprint density at radius 3 is 1.11 bits per heavy atom. The Morgan fingerprint density at radius 1 is 0.354 bits per heavy atom. The van der Waals surface area contributed by atoms with Crippen molar-refractivity contribution >= 4 is 113 Å². The lowest BCUT2D eigenvalue weighted by Gasteiger charge is -2.29. The minimum atomic E-state index is -1.51. The van der Waals surface area contributed by atoms with Crippen LogP contribution in [-0.4, -0.2) is 8.07 Å². The van der Waals surface area contributed by atoms with Crippen LogP contribution >= 0.6 is 0 Å². The molecule has 320 valence electrons. The molecule has 0 saturated heterocycles. The van der Waals surface area contributed by atoms with Gasteiger partial charge in [-0.05, 0) is 153 Å². The van der Waals surface area contributed by atoms with Gasteiger partial charge in [0.1, 0.15) is 22.3 Å². The molecule has 0 fully saturated rings. The van der Waals surface area contributed by atoms with Gasteiger partial charge in [0.25, 0.3) is 0 Å². The maximum atomic E-state index is 7.04. The van der Waals surface area contributed by atoms with Crippen molar-refractivity contribution in [1.82, 2.24) is 0 Å². The number of fused-ring (bicyclic) bond motifs is 10. The summed E-state index contributed by atoms with van der Waals surface area (Å²) in [7, 11) is -1.51. The summed E-state index contributed by atoms with van der Waals surface area (Å²) in [6.07, 6.45) is 0. The predicted octanol–water partition coefficient (Wildman–Crippen LogP) is 17.4. The smallest absolute Gasteiger partial charge is 0.138 e. The normalized spacial score (nSPS) is 12.2. The molecule has 0 N–H and O–H groups in total. The van der Waals surface area contributed by atoms with Gasteiger partial charge in [-0.3, -0.25) is 0 Å². The third-order valence-electron chi connectivity index (χ3n) is 14.1. The van der Waals surface area contributed by atoms with Crippen LogP contribution < -0.4 is 15.0 Å². The molecule has 0 amide bonds. The molecule has 0 spiro atoms. The van der Waals surface area contributed by atoms with E-state index in [1.165, 1.54) is 44.1 Å². The molecule has 0 saturated carbocycles. The molecule has 0 unspecified atom stereocenters. The van der Waals surface area contributed by atoms with Gasteiger partial charge in [-0.1, -0.05) is 103 Å². The number of hydrogen-bond acceptors (Lipinski definition) is 4. The molecule has 5 heteroatoms. The molecule has 0 aliphatic carbocycles. The monoisotopic (exact) mass is 862 g/mol. The van der Waals surface area contributed by atoms with Gasteiger partial charge in [0.2, 0.25) is 0 Å². The van der Waals surface area contributed by atoms with Crippen molar-refractivity contribution in [2.24, 2.45) is 0 Å². The standard InChI is InChI=1S/C60H54N2O2Si/c1-35-19-21-42(22-20-35)61(44-27-36(2)40(6)37(3)28-44)53-33-57-59(49-17-13-11-15-47(49)53)51-31-56-52(32-55(51)63-57)60-50-18-14-12-16-48(50)54(34-58(60)64-56)62(45-29-38(4)41(7)39(5)30-45)43-23-25-46(26-24-43)65(8,9)10/h11-34H,1-10H3. The fourth-order valence-electron chi connectivity index (χ4n) is 10.0. The Morgan fingerprint density at radius 2 is 0.723 bits per heavy atom. The molecule has 2 heterocycles. The van der Waals surface area contributed by atoms with Crippen LogP contribution in [0.5, 0.6) is 0 Å². The van der Waals surface area contributed by atoms with Gasteiger partial charge < -0.3 is 18.6 Å². The molecule has 0 aliphatic rings. The summed E-state index contributed by atoms with van der Waals surface area (Å²) in [6.45, 7) is 22.6. The zero-order valence-electron chi connectivity index (χ0n) is 39.1. The van der Waals surface area contributed by atoms with Crippen molar-refractivity contribution in [3.05, 3.63) is 185 Å². The maximum Gasteiger partial charge on any atom is 0.138 e. The van der Waals surface area contributed by atoms with Gasteiger partial charge in [0, 0.05) is 67.2 Å². The summed E-state index contributed by atoms with van der Waals surface area (Å²) in [5.74, 6) is 0. The lowest BCUT2D eigenvalue weighted by molar-refractivity contribution is 0.664. The summed E-state index contributed by atoms with van der Waals surface area (Å²) in [6, 6.07) is 53.8. The van der Waals surface area contributed by atoms with E-state index in [1.807, 2.05) is 0 Å². The third kappa shape index (κ3) is 6.63. The third-order valence-corrected chi connectivity index (χ3v) is 16.2. The summed E-state index contributed by atoms with van der Waals surface area (Å²) in [5, 5.41) is 10.3. The van der Waals surface area contributed by atoms with Crippen molar-refractivity contribution in [1.29, 1.82) is 0 Å². The molecule has 2 aromatic heterocycles. The Balaban J connectivity index is 1.14. The van der Waals surface area contributed by atoms with E-state index in [9.17, 15) is 0 Å². The fraction of sp³-hybridized carbons (Fsp3) is 0.167. The lowest BCUT2D eigenvalue weighted by Crippen LogP contribution is -2.37. The minimum absolute atomic E-state index is 0.837. The van der Waals surface area contributed by atoms with Gasteiger partial charge in [-0.2, -0.15) is 0 Å². The Bertz CT molecular complexity index is 3670. The highest BCUT2D eigenvalue weighted by Crippen LogP contribution is 2.49. The number of benzene rings is 9. The maximum absolute atomic E-state index is 7.04. The van der Waals surface area contributed by atoms with E-state index in [1.54, 1.807) is 0 Å². The molecule has 0 radical (unpaired) electrons. The number of hydrogen-bond donors (Lipinski definition) is 0. The molecular formula is C60H54N2O2Si. The summed E-state index contributed by atoms with van der Waals surface area (Å²) >= 11 is 0. The number of anilines is 6. The molecular weight excluding hydrogens is 809 g/mol. The van der Waals surface area contributed by atoms with Crippen LogP contribution in [0.15, 0.2) is 154 Å². The molecule has 9 aromatic carbocycles. The highest BCUT2D eigenvalue weighted by molar-refractivity contribution is 6.88. The second kappa shape index (κ2) is 15.0. The number of furan rings is 2. The highest BCUT2D eigenvalue weighted by atomic mass is 28.3. The molecule has 11 rings (SSSR count). The Hall–Kier alpha value is -7.08. The van der Waals surface area contributed by atoms with Crippen LogP contribution in [-0.2, 0) is 0 Å². The molecule has 0 aliphatic heterocycles. The van der Waals surface area contributed by atoms with E-state index in [4.69, 9.17) is 8.83 Å². The fourth-order valence-corrected chi connectivity index (χ4v) is 11.2. The average Bonchev–Trinajstić information content (AvgIpc) is 3.84. The topological polar surface area (TPSA) is 32.8 Å². The first-order valence-electron chi connectivity index (χ1n) is 22.8. The van der Waals surface area contributed by atoms with E-state index in [-0.39, 0.29) is 0 Å². The average molecular weight is 863 g/mol. The van der Waals surface area contributed by atoms with Gasteiger partial charge in [-0.25, -0.2) is 0 Å².